The Labute approximate surface area is 177 Å². The van der Waals surface area contributed by atoms with Crippen molar-refractivity contribution in [3.63, 3.8) is 0 Å². The van der Waals surface area contributed by atoms with Gasteiger partial charge in [-0.3, -0.25) is 14.6 Å². The van der Waals surface area contributed by atoms with Gasteiger partial charge in [-0.2, -0.15) is 10.6 Å². The van der Waals surface area contributed by atoms with Crippen molar-refractivity contribution in [2.45, 2.75) is 37.8 Å². The van der Waals surface area contributed by atoms with Crippen LogP contribution in [0.15, 0.2) is 29.4 Å². The highest BCUT2D eigenvalue weighted by Gasteiger charge is 2.30. The standard InChI is InChI=1S/C22H32N4O4/c27-22(28)13-17-5-7-25(8-6-17)16-20-14-21(24-30-20)19-3-1-18(2-4-19)15-23-26-9-11-29-12-10-26/h1-4,15,17,20-21,24H,5-14,16H2,(H,27,28). The first-order chi connectivity index (χ1) is 14.7. The minimum Gasteiger partial charge on any atom is -0.481 e. The second-order valence-corrected chi connectivity index (χ2v) is 8.47. The van der Waals surface area contributed by atoms with Gasteiger partial charge in [-0.05, 0) is 49.4 Å². The number of rotatable bonds is 7. The predicted molar refractivity (Wildman–Crippen MR) is 113 cm³/mol. The van der Waals surface area contributed by atoms with E-state index in [1.807, 2.05) is 11.2 Å². The molecule has 0 aromatic heterocycles. The molecule has 3 fully saturated rings. The highest BCUT2D eigenvalue weighted by Crippen LogP contribution is 2.27. The minimum atomic E-state index is -0.682. The molecule has 4 rings (SSSR count). The fourth-order valence-electron chi connectivity index (χ4n) is 4.39. The van der Waals surface area contributed by atoms with Crippen molar-refractivity contribution in [2.24, 2.45) is 11.0 Å². The van der Waals surface area contributed by atoms with Crippen molar-refractivity contribution in [2.75, 3.05) is 45.9 Å². The third kappa shape index (κ3) is 6.01. The Morgan fingerprint density at radius 3 is 2.60 bits per heavy atom. The van der Waals surface area contributed by atoms with E-state index in [1.165, 1.54) is 5.56 Å². The molecule has 2 atom stereocenters. The lowest BCUT2D eigenvalue weighted by Gasteiger charge is -2.32. The van der Waals surface area contributed by atoms with Gasteiger partial charge in [0.15, 0.2) is 0 Å². The topological polar surface area (TPSA) is 86.6 Å². The maximum absolute atomic E-state index is 10.9. The first-order valence-corrected chi connectivity index (χ1v) is 11.0. The summed E-state index contributed by atoms with van der Waals surface area (Å²) in [5.41, 5.74) is 5.50. The number of hydrogen-bond donors (Lipinski definition) is 2. The summed E-state index contributed by atoms with van der Waals surface area (Å²) in [5.74, 6) is -0.363. The second-order valence-electron chi connectivity index (χ2n) is 8.47. The largest absolute Gasteiger partial charge is 0.481 e. The van der Waals surface area contributed by atoms with Gasteiger partial charge in [0.05, 0.1) is 44.7 Å². The average Bonchev–Trinajstić information content (AvgIpc) is 3.23. The molecule has 2 N–H and O–H groups in total. The molecule has 0 saturated carbocycles. The lowest BCUT2D eigenvalue weighted by Crippen LogP contribution is -2.39. The zero-order chi connectivity index (χ0) is 20.8. The van der Waals surface area contributed by atoms with Crippen LogP contribution < -0.4 is 5.48 Å². The van der Waals surface area contributed by atoms with Crippen molar-refractivity contribution in [1.29, 1.82) is 0 Å². The van der Waals surface area contributed by atoms with E-state index in [-0.39, 0.29) is 12.1 Å². The third-order valence-corrected chi connectivity index (χ3v) is 6.20. The fourth-order valence-corrected chi connectivity index (χ4v) is 4.39. The molecule has 1 aromatic carbocycles. The van der Waals surface area contributed by atoms with Crippen LogP contribution in [-0.2, 0) is 14.4 Å². The van der Waals surface area contributed by atoms with Crippen LogP contribution in [-0.4, -0.2) is 79.2 Å². The molecular weight excluding hydrogens is 384 g/mol. The molecule has 0 radical (unpaired) electrons. The summed E-state index contributed by atoms with van der Waals surface area (Å²) >= 11 is 0. The molecule has 0 spiro atoms. The summed E-state index contributed by atoms with van der Waals surface area (Å²) in [6.07, 6.45) is 5.23. The lowest BCUT2D eigenvalue weighted by molar-refractivity contribution is -0.138. The number of hydroxylamine groups is 1. The van der Waals surface area contributed by atoms with Crippen molar-refractivity contribution in [3.05, 3.63) is 35.4 Å². The molecule has 164 valence electrons. The van der Waals surface area contributed by atoms with Gasteiger partial charge in [-0.25, -0.2) is 0 Å². The highest BCUT2D eigenvalue weighted by atomic mass is 16.7. The average molecular weight is 417 g/mol. The fraction of sp³-hybridized carbons (Fsp3) is 0.636. The Bertz CT molecular complexity index is 712. The maximum Gasteiger partial charge on any atom is 0.303 e. The summed E-state index contributed by atoms with van der Waals surface area (Å²) in [6.45, 7) is 5.98. The van der Waals surface area contributed by atoms with E-state index < -0.39 is 5.97 Å². The first kappa shape index (κ1) is 21.2. The molecule has 8 nitrogen and oxygen atoms in total. The van der Waals surface area contributed by atoms with Crippen LogP contribution in [0.3, 0.4) is 0 Å². The maximum atomic E-state index is 10.9. The molecule has 2 unspecified atom stereocenters. The smallest absolute Gasteiger partial charge is 0.303 e. The number of morpholine rings is 1. The Hall–Kier alpha value is -2.00. The number of carboxylic acids is 1. The summed E-state index contributed by atoms with van der Waals surface area (Å²) in [4.78, 5) is 19.1. The second kappa shape index (κ2) is 10.3. The number of nitrogens with zero attached hydrogens (tertiary/aromatic N) is 3. The summed E-state index contributed by atoms with van der Waals surface area (Å²) < 4.78 is 5.34. The van der Waals surface area contributed by atoms with Crippen molar-refractivity contribution in [3.8, 4) is 0 Å². The number of carbonyl (C=O) groups is 1. The Balaban J connectivity index is 1.21. The quantitative estimate of drug-likeness (QED) is 0.656. The van der Waals surface area contributed by atoms with Gasteiger partial charge in [-0.15, -0.1) is 0 Å². The first-order valence-electron chi connectivity index (χ1n) is 11.0. The van der Waals surface area contributed by atoms with Crippen LogP contribution in [0, 0.1) is 5.92 Å². The normalized spacial score (nSPS) is 26.5. The van der Waals surface area contributed by atoms with Crippen LogP contribution >= 0.6 is 0 Å². The number of piperidine rings is 1. The van der Waals surface area contributed by atoms with Crippen LogP contribution in [0.25, 0.3) is 0 Å². The molecule has 0 amide bonds. The van der Waals surface area contributed by atoms with E-state index >= 15 is 0 Å². The van der Waals surface area contributed by atoms with E-state index in [2.05, 4.69) is 39.7 Å². The predicted octanol–water partition coefficient (Wildman–Crippen LogP) is 1.87. The number of nitrogens with one attached hydrogen (secondary N) is 1. The molecule has 0 bridgehead atoms. The van der Waals surface area contributed by atoms with Gasteiger partial charge in [0.1, 0.15) is 0 Å². The Kier molecular flexibility index (Phi) is 7.33. The zero-order valence-corrected chi connectivity index (χ0v) is 17.4. The summed E-state index contributed by atoms with van der Waals surface area (Å²) in [5, 5.41) is 15.5. The van der Waals surface area contributed by atoms with Crippen molar-refractivity contribution in [1.82, 2.24) is 15.4 Å². The van der Waals surface area contributed by atoms with Crippen LogP contribution in [0.1, 0.15) is 42.9 Å². The summed E-state index contributed by atoms with van der Waals surface area (Å²) in [7, 11) is 0. The van der Waals surface area contributed by atoms with Crippen molar-refractivity contribution < 1.29 is 19.5 Å². The van der Waals surface area contributed by atoms with Crippen LogP contribution in [0.4, 0.5) is 0 Å². The molecule has 30 heavy (non-hydrogen) atoms. The Morgan fingerprint density at radius 1 is 1.17 bits per heavy atom. The molecule has 3 saturated heterocycles. The molecule has 3 aliphatic heterocycles. The molecular formula is C22H32N4O4. The number of hydrogen-bond acceptors (Lipinski definition) is 7. The van der Waals surface area contributed by atoms with Crippen LogP contribution in [0.5, 0.6) is 0 Å². The zero-order valence-electron chi connectivity index (χ0n) is 17.4. The Morgan fingerprint density at radius 2 is 1.90 bits per heavy atom. The number of carboxylic acid groups (broad SMARTS) is 1. The van der Waals surface area contributed by atoms with E-state index in [1.54, 1.807) is 0 Å². The number of aliphatic carboxylic acids is 1. The van der Waals surface area contributed by atoms with E-state index in [0.717, 1.165) is 70.8 Å². The van der Waals surface area contributed by atoms with Gasteiger partial charge in [0.25, 0.3) is 0 Å². The van der Waals surface area contributed by atoms with E-state index in [9.17, 15) is 4.79 Å². The number of ether oxygens (including phenoxy) is 1. The monoisotopic (exact) mass is 416 g/mol. The molecule has 3 aliphatic rings. The third-order valence-electron chi connectivity index (χ3n) is 6.20. The van der Waals surface area contributed by atoms with Gasteiger partial charge in [0.2, 0.25) is 0 Å². The van der Waals surface area contributed by atoms with Gasteiger partial charge >= 0.3 is 5.97 Å². The molecule has 1 aromatic rings. The van der Waals surface area contributed by atoms with Crippen molar-refractivity contribution >= 4 is 12.2 Å². The van der Waals surface area contributed by atoms with Gasteiger partial charge in [0, 0.05) is 13.0 Å². The lowest BCUT2D eigenvalue weighted by atomic mass is 9.93. The van der Waals surface area contributed by atoms with E-state index in [4.69, 9.17) is 14.7 Å². The SMILES string of the molecule is O=C(O)CC1CCN(CC2CC(c3ccc(C=NN4CCOCC4)cc3)NO2)CC1. The molecule has 8 heteroatoms. The number of hydrazone groups is 1. The molecule has 3 heterocycles. The van der Waals surface area contributed by atoms with Gasteiger partial charge < -0.3 is 14.7 Å². The molecule has 0 aliphatic carbocycles. The summed E-state index contributed by atoms with van der Waals surface area (Å²) in [6, 6.07) is 8.68. The van der Waals surface area contributed by atoms with Gasteiger partial charge in [-0.1, -0.05) is 24.3 Å². The number of benzene rings is 1. The highest BCUT2D eigenvalue weighted by molar-refractivity contribution is 5.79. The van der Waals surface area contributed by atoms with E-state index in [0.29, 0.717) is 12.3 Å². The van der Waals surface area contributed by atoms with Crippen LogP contribution in [0.2, 0.25) is 0 Å². The minimum absolute atomic E-state index is 0.161. The number of likely N-dealkylation sites (tertiary alicyclic amines) is 1.